The molecule has 0 bridgehead atoms. The lowest BCUT2D eigenvalue weighted by Crippen LogP contribution is -2.14. The zero-order valence-corrected chi connectivity index (χ0v) is 18.0. The summed E-state index contributed by atoms with van der Waals surface area (Å²) in [6.45, 7) is 3.29. The first kappa shape index (κ1) is 20.8. The number of fused-ring (bicyclic) bond motifs is 3. The fourth-order valence-corrected chi connectivity index (χ4v) is 4.59. The van der Waals surface area contributed by atoms with Crippen LogP contribution in [0.15, 0.2) is 47.4 Å². The van der Waals surface area contributed by atoms with Crippen LogP contribution in [0.4, 0.5) is 11.6 Å². The van der Waals surface area contributed by atoms with Gasteiger partial charge in [0.05, 0.1) is 11.4 Å². The van der Waals surface area contributed by atoms with Gasteiger partial charge in [-0.2, -0.15) is 13.4 Å². The predicted octanol–water partition coefficient (Wildman–Crippen LogP) is 3.25. The molecule has 0 radical (unpaired) electrons. The van der Waals surface area contributed by atoms with Crippen LogP contribution >= 0.6 is 0 Å². The number of benzene rings is 2. The van der Waals surface area contributed by atoms with E-state index in [2.05, 4.69) is 15.3 Å². The molecule has 160 valence electrons. The lowest BCUT2D eigenvalue weighted by molar-refractivity contribution is -0.114. The van der Waals surface area contributed by atoms with E-state index in [0.717, 1.165) is 24.0 Å². The van der Waals surface area contributed by atoms with Crippen molar-refractivity contribution in [2.45, 2.75) is 38.0 Å². The molecule has 3 N–H and O–H groups in total. The largest absolute Gasteiger partial charge is 0.368 e. The molecule has 0 atom stereocenters. The standard InChI is InChI=1S/C22H22N4O4S/c1-13-9-11-16(12-10-13)31(28,29)30-21-17-7-3-5-15-6-4-8-18(24-14(2)27)19(15)20(17)25-22(23)26-21/h4,6,8-12H,3,5,7H2,1-2H3,(H,24,27)(H2,23,25,26). The van der Waals surface area contributed by atoms with Crippen molar-refractivity contribution in [2.24, 2.45) is 0 Å². The van der Waals surface area contributed by atoms with Crippen LogP contribution < -0.4 is 15.2 Å². The molecular formula is C22H22N4O4S. The molecule has 0 fully saturated rings. The molecular weight excluding hydrogens is 416 g/mol. The quantitative estimate of drug-likeness (QED) is 0.599. The molecule has 9 heteroatoms. The van der Waals surface area contributed by atoms with Crippen LogP contribution in [0.3, 0.4) is 0 Å². The summed E-state index contributed by atoms with van der Waals surface area (Å²) in [6.07, 6.45) is 1.96. The van der Waals surface area contributed by atoms with E-state index in [1.165, 1.54) is 19.1 Å². The molecule has 0 aliphatic heterocycles. The van der Waals surface area contributed by atoms with E-state index in [1.54, 1.807) is 18.2 Å². The molecule has 0 saturated heterocycles. The zero-order chi connectivity index (χ0) is 22.2. The van der Waals surface area contributed by atoms with Crippen LogP contribution in [0.5, 0.6) is 5.88 Å². The van der Waals surface area contributed by atoms with Gasteiger partial charge in [-0.05, 0) is 49.9 Å². The van der Waals surface area contributed by atoms with Crippen molar-refractivity contribution in [2.75, 3.05) is 11.1 Å². The number of aromatic nitrogens is 2. The highest BCUT2D eigenvalue weighted by Gasteiger charge is 2.27. The normalized spacial score (nSPS) is 13.0. The van der Waals surface area contributed by atoms with Gasteiger partial charge in [-0.15, -0.1) is 0 Å². The van der Waals surface area contributed by atoms with E-state index in [0.29, 0.717) is 28.9 Å². The number of nitrogen functional groups attached to an aromatic ring is 1. The summed E-state index contributed by atoms with van der Waals surface area (Å²) in [5, 5.41) is 2.82. The van der Waals surface area contributed by atoms with Gasteiger partial charge in [0, 0.05) is 18.1 Å². The molecule has 1 aliphatic carbocycles. The van der Waals surface area contributed by atoms with E-state index in [-0.39, 0.29) is 22.6 Å². The van der Waals surface area contributed by atoms with Gasteiger partial charge in [0.15, 0.2) is 0 Å². The van der Waals surface area contributed by atoms with Gasteiger partial charge in [-0.3, -0.25) is 4.79 Å². The van der Waals surface area contributed by atoms with Crippen LogP contribution in [0.1, 0.15) is 30.0 Å². The lowest BCUT2D eigenvalue weighted by atomic mass is 9.99. The van der Waals surface area contributed by atoms with Gasteiger partial charge in [0.2, 0.25) is 17.7 Å². The number of hydrogen-bond donors (Lipinski definition) is 2. The first-order chi connectivity index (χ1) is 14.7. The van der Waals surface area contributed by atoms with E-state index in [4.69, 9.17) is 9.92 Å². The first-order valence-electron chi connectivity index (χ1n) is 9.82. The molecule has 8 nitrogen and oxygen atoms in total. The highest BCUT2D eigenvalue weighted by atomic mass is 32.2. The van der Waals surface area contributed by atoms with Gasteiger partial charge in [0.1, 0.15) is 4.90 Å². The monoisotopic (exact) mass is 438 g/mol. The maximum atomic E-state index is 12.9. The third-order valence-corrected chi connectivity index (χ3v) is 6.28. The second-order valence-electron chi connectivity index (χ2n) is 7.44. The molecule has 31 heavy (non-hydrogen) atoms. The van der Waals surface area contributed by atoms with Crippen LogP contribution in [0, 0.1) is 6.92 Å². The van der Waals surface area contributed by atoms with Gasteiger partial charge in [0.25, 0.3) is 0 Å². The van der Waals surface area contributed by atoms with E-state index >= 15 is 0 Å². The molecule has 2 aromatic carbocycles. The Morgan fingerprint density at radius 2 is 1.84 bits per heavy atom. The Hall–Kier alpha value is -3.46. The number of anilines is 2. The number of rotatable bonds is 4. The summed E-state index contributed by atoms with van der Waals surface area (Å²) in [7, 11) is -4.11. The zero-order valence-electron chi connectivity index (χ0n) is 17.2. The number of amides is 1. The SMILES string of the molecule is CC(=O)Nc1cccc2c1-c1nc(N)nc(OS(=O)(=O)c3ccc(C)cc3)c1CCC2. The average molecular weight is 439 g/mol. The maximum Gasteiger partial charge on any atom is 0.340 e. The Balaban J connectivity index is 1.86. The highest BCUT2D eigenvalue weighted by Crippen LogP contribution is 2.40. The van der Waals surface area contributed by atoms with E-state index < -0.39 is 10.1 Å². The summed E-state index contributed by atoms with van der Waals surface area (Å²) >= 11 is 0. The second kappa shape index (κ2) is 7.99. The number of hydrogen-bond acceptors (Lipinski definition) is 7. The highest BCUT2D eigenvalue weighted by molar-refractivity contribution is 7.87. The number of aryl methyl sites for hydroxylation is 2. The van der Waals surface area contributed by atoms with Crippen molar-refractivity contribution in [3.63, 3.8) is 0 Å². The lowest BCUT2D eigenvalue weighted by Gasteiger charge is -2.16. The van der Waals surface area contributed by atoms with Crippen molar-refractivity contribution in [3.8, 4) is 17.1 Å². The Morgan fingerprint density at radius 1 is 1.10 bits per heavy atom. The van der Waals surface area contributed by atoms with Crippen LogP contribution in [0.2, 0.25) is 0 Å². The molecule has 4 rings (SSSR count). The van der Waals surface area contributed by atoms with Crippen molar-refractivity contribution in [1.82, 2.24) is 9.97 Å². The van der Waals surface area contributed by atoms with Crippen molar-refractivity contribution in [3.05, 3.63) is 59.2 Å². The first-order valence-corrected chi connectivity index (χ1v) is 11.2. The Morgan fingerprint density at radius 3 is 2.55 bits per heavy atom. The van der Waals surface area contributed by atoms with Crippen LogP contribution in [-0.2, 0) is 27.8 Å². The third kappa shape index (κ3) is 4.22. The summed E-state index contributed by atoms with van der Waals surface area (Å²) in [5.41, 5.74) is 10.2. The molecule has 0 saturated carbocycles. The number of carbonyl (C=O) groups is 1. The Kier molecular flexibility index (Phi) is 5.36. The van der Waals surface area contributed by atoms with Crippen LogP contribution in [-0.4, -0.2) is 24.3 Å². The maximum absolute atomic E-state index is 12.9. The van der Waals surface area contributed by atoms with Gasteiger partial charge < -0.3 is 15.2 Å². The number of nitrogens with zero attached hydrogens (tertiary/aromatic N) is 2. The molecule has 0 spiro atoms. The summed E-state index contributed by atoms with van der Waals surface area (Å²) in [4.78, 5) is 20.2. The number of carbonyl (C=O) groups excluding carboxylic acids is 1. The minimum Gasteiger partial charge on any atom is -0.368 e. The van der Waals surface area contributed by atoms with E-state index in [9.17, 15) is 13.2 Å². The number of nitrogens with two attached hydrogens (primary N) is 1. The smallest absolute Gasteiger partial charge is 0.340 e. The minimum absolute atomic E-state index is 0.0250. The average Bonchev–Trinajstić information content (AvgIpc) is 2.88. The van der Waals surface area contributed by atoms with Gasteiger partial charge in [-0.1, -0.05) is 29.8 Å². The Bertz CT molecular complexity index is 1270. The fourth-order valence-electron chi connectivity index (χ4n) is 3.68. The van der Waals surface area contributed by atoms with Gasteiger partial charge in [-0.25, -0.2) is 4.98 Å². The summed E-state index contributed by atoms with van der Waals surface area (Å²) < 4.78 is 31.2. The molecule has 0 unspecified atom stereocenters. The van der Waals surface area contributed by atoms with Gasteiger partial charge >= 0.3 is 10.1 Å². The van der Waals surface area contributed by atoms with Crippen LogP contribution in [0.25, 0.3) is 11.3 Å². The molecule has 1 aliphatic rings. The van der Waals surface area contributed by atoms with Crippen molar-refractivity contribution < 1.29 is 17.4 Å². The summed E-state index contributed by atoms with van der Waals surface area (Å²) in [6, 6.07) is 12.0. The molecule has 3 aromatic rings. The third-order valence-electron chi connectivity index (χ3n) is 5.06. The fraction of sp³-hybridized carbons (Fsp3) is 0.227. The van der Waals surface area contributed by atoms with E-state index in [1.807, 2.05) is 19.1 Å². The second-order valence-corrected chi connectivity index (χ2v) is 8.99. The Labute approximate surface area is 180 Å². The topological polar surface area (TPSA) is 124 Å². The molecule has 1 heterocycles. The molecule has 1 amide bonds. The predicted molar refractivity (Wildman–Crippen MR) is 117 cm³/mol. The summed E-state index contributed by atoms with van der Waals surface area (Å²) in [5.74, 6) is -0.425. The number of nitrogens with one attached hydrogen (secondary N) is 1. The molecule has 1 aromatic heterocycles. The van der Waals surface area contributed by atoms with Crippen molar-refractivity contribution in [1.29, 1.82) is 0 Å². The minimum atomic E-state index is -4.11. The van der Waals surface area contributed by atoms with Crippen molar-refractivity contribution >= 4 is 27.7 Å².